The highest BCUT2D eigenvalue weighted by atomic mass is 16.2. The molecule has 0 radical (unpaired) electrons. The van der Waals surface area contributed by atoms with Gasteiger partial charge in [-0.25, -0.2) is 10.0 Å². The fraction of sp³-hybridized carbons (Fsp3) is 0.667. The van der Waals surface area contributed by atoms with Crippen molar-refractivity contribution in [2.75, 3.05) is 13.1 Å². The van der Waals surface area contributed by atoms with Gasteiger partial charge in [-0.3, -0.25) is 9.59 Å². The van der Waals surface area contributed by atoms with E-state index in [1.54, 1.807) is 10.0 Å². The highest BCUT2D eigenvalue weighted by molar-refractivity contribution is 6.22. The minimum atomic E-state index is -0.139. The standard InChI is InChI=1S/C12H20N2O2/c1-5-7-13-11(15)10(9(3)4)12(16)14(13)8-6-2/h5-8H2,1-4H3. The fourth-order valence-electron chi connectivity index (χ4n) is 1.86. The molecule has 0 spiro atoms. The normalized spacial score (nSPS) is 16.4. The molecule has 90 valence electrons. The van der Waals surface area contributed by atoms with Crippen LogP contribution in [0.1, 0.15) is 40.5 Å². The molecule has 1 aliphatic rings. The third-order valence-corrected chi connectivity index (χ3v) is 2.56. The number of amides is 2. The number of hydrazine groups is 1. The van der Waals surface area contributed by atoms with Crippen LogP contribution < -0.4 is 0 Å². The van der Waals surface area contributed by atoms with Gasteiger partial charge in [0, 0.05) is 13.1 Å². The number of allylic oxidation sites excluding steroid dienone is 1. The Morgan fingerprint density at radius 2 is 1.31 bits per heavy atom. The lowest BCUT2D eigenvalue weighted by Crippen LogP contribution is -2.41. The van der Waals surface area contributed by atoms with Crippen LogP contribution in [0.5, 0.6) is 0 Å². The summed E-state index contributed by atoms with van der Waals surface area (Å²) in [6, 6.07) is 0. The van der Waals surface area contributed by atoms with E-state index in [1.165, 1.54) is 0 Å². The van der Waals surface area contributed by atoms with E-state index in [1.807, 2.05) is 27.7 Å². The first-order valence-electron chi connectivity index (χ1n) is 5.85. The van der Waals surface area contributed by atoms with Crippen LogP contribution >= 0.6 is 0 Å². The number of nitrogens with zero attached hydrogens (tertiary/aromatic N) is 2. The molecule has 1 heterocycles. The van der Waals surface area contributed by atoms with Gasteiger partial charge in [-0.2, -0.15) is 0 Å². The summed E-state index contributed by atoms with van der Waals surface area (Å²) in [5.74, 6) is -0.277. The molecule has 0 aromatic carbocycles. The number of carbonyl (C=O) groups is 2. The molecular formula is C12H20N2O2. The topological polar surface area (TPSA) is 40.6 Å². The van der Waals surface area contributed by atoms with Crippen LogP contribution in [0.3, 0.4) is 0 Å². The van der Waals surface area contributed by atoms with Crippen molar-refractivity contribution in [2.45, 2.75) is 40.5 Å². The molecule has 1 fully saturated rings. The van der Waals surface area contributed by atoms with Crippen LogP contribution in [0.15, 0.2) is 11.1 Å². The highest BCUT2D eigenvalue weighted by Gasteiger charge is 2.40. The number of hydrogen-bond donors (Lipinski definition) is 0. The first-order valence-corrected chi connectivity index (χ1v) is 5.85. The summed E-state index contributed by atoms with van der Waals surface area (Å²) in [6.45, 7) is 8.85. The lowest BCUT2D eigenvalue weighted by Gasteiger charge is -2.26. The average molecular weight is 224 g/mol. The quantitative estimate of drug-likeness (QED) is 0.539. The third-order valence-electron chi connectivity index (χ3n) is 2.56. The van der Waals surface area contributed by atoms with E-state index >= 15 is 0 Å². The zero-order valence-corrected chi connectivity index (χ0v) is 10.5. The van der Waals surface area contributed by atoms with Crippen LogP contribution in [-0.2, 0) is 9.59 Å². The van der Waals surface area contributed by atoms with Gasteiger partial charge in [-0.15, -0.1) is 0 Å². The molecule has 0 bridgehead atoms. The van der Waals surface area contributed by atoms with Crippen molar-refractivity contribution in [1.29, 1.82) is 0 Å². The number of carbonyl (C=O) groups excluding carboxylic acids is 2. The molecule has 2 amide bonds. The molecular weight excluding hydrogens is 204 g/mol. The Bertz CT molecular complexity index is 304. The maximum atomic E-state index is 12.0. The maximum Gasteiger partial charge on any atom is 0.278 e. The van der Waals surface area contributed by atoms with Crippen molar-refractivity contribution in [3.8, 4) is 0 Å². The van der Waals surface area contributed by atoms with Gasteiger partial charge in [-0.05, 0) is 26.7 Å². The smallest absolute Gasteiger partial charge is 0.267 e. The molecule has 0 atom stereocenters. The van der Waals surface area contributed by atoms with Crippen molar-refractivity contribution >= 4 is 11.8 Å². The van der Waals surface area contributed by atoms with E-state index in [4.69, 9.17) is 0 Å². The van der Waals surface area contributed by atoms with E-state index in [0.717, 1.165) is 18.4 Å². The van der Waals surface area contributed by atoms with Crippen molar-refractivity contribution < 1.29 is 9.59 Å². The Hall–Kier alpha value is -1.32. The minimum Gasteiger partial charge on any atom is -0.267 e. The number of rotatable bonds is 4. The molecule has 0 unspecified atom stereocenters. The van der Waals surface area contributed by atoms with Crippen molar-refractivity contribution in [1.82, 2.24) is 10.0 Å². The molecule has 0 aromatic heterocycles. The van der Waals surface area contributed by atoms with E-state index in [0.29, 0.717) is 18.7 Å². The van der Waals surface area contributed by atoms with E-state index < -0.39 is 0 Å². The Morgan fingerprint density at radius 3 is 1.56 bits per heavy atom. The summed E-state index contributed by atoms with van der Waals surface area (Å²) in [5.41, 5.74) is 1.15. The Labute approximate surface area is 96.9 Å². The van der Waals surface area contributed by atoms with Crippen molar-refractivity contribution in [2.24, 2.45) is 0 Å². The second-order valence-electron chi connectivity index (χ2n) is 4.23. The summed E-state index contributed by atoms with van der Waals surface area (Å²) in [5, 5.41) is 3.16. The Balaban J connectivity index is 3.04. The molecule has 0 saturated carbocycles. The van der Waals surface area contributed by atoms with Crippen molar-refractivity contribution in [3.63, 3.8) is 0 Å². The van der Waals surface area contributed by atoms with Gasteiger partial charge in [0.25, 0.3) is 11.8 Å². The zero-order valence-electron chi connectivity index (χ0n) is 10.5. The largest absolute Gasteiger partial charge is 0.278 e. The molecule has 1 saturated heterocycles. The summed E-state index contributed by atoms with van der Waals surface area (Å²) < 4.78 is 0. The predicted molar refractivity (Wildman–Crippen MR) is 62.4 cm³/mol. The van der Waals surface area contributed by atoms with Crippen LogP contribution in [0.2, 0.25) is 0 Å². The minimum absolute atomic E-state index is 0.139. The summed E-state index contributed by atoms with van der Waals surface area (Å²) in [7, 11) is 0. The van der Waals surface area contributed by atoms with E-state index in [9.17, 15) is 9.59 Å². The first kappa shape index (κ1) is 12.7. The Morgan fingerprint density at radius 1 is 0.938 bits per heavy atom. The van der Waals surface area contributed by atoms with Gasteiger partial charge in [0.05, 0.1) is 0 Å². The molecule has 1 rings (SSSR count). The highest BCUT2D eigenvalue weighted by Crippen LogP contribution is 2.22. The molecule has 1 aliphatic heterocycles. The summed E-state index contributed by atoms with van der Waals surface area (Å²) >= 11 is 0. The second-order valence-corrected chi connectivity index (χ2v) is 4.23. The van der Waals surface area contributed by atoms with Gasteiger partial charge >= 0.3 is 0 Å². The predicted octanol–water partition coefficient (Wildman–Crippen LogP) is 1.73. The molecule has 16 heavy (non-hydrogen) atoms. The maximum absolute atomic E-state index is 12.0. The van der Waals surface area contributed by atoms with Gasteiger partial charge in [0.1, 0.15) is 5.57 Å². The Kier molecular flexibility index (Phi) is 4.10. The van der Waals surface area contributed by atoms with Gasteiger partial charge in [-0.1, -0.05) is 19.4 Å². The zero-order chi connectivity index (χ0) is 12.3. The SMILES string of the molecule is CCCN1C(=O)C(=C(C)C)C(=O)N1CCC. The second kappa shape index (κ2) is 5.14. The van der Waals surface area contributed by atoms with Crippen LogP contribution in [0.4, 0.5) is 0 Å². The molecule has 0 aromatic rings. The molecule has 4 heteroatoms. The van der Waals surface area contributed by atoms with Crippen molar-refractivity contribution in [3.05, 3.63) is 11.1 Å². The number of hydrogen-bond acceptors (Lipinski definition) is 2. The van der Waals surface area contributed by atoms with Gasteiger partial charge in [0.15, 0.2) is 0 Å². The molecule has 4 nitrogen and oxygen atoms in total. The monoisotopic (exact) mass is 224 g/mol. The van der Waals surface area contributed by atoms with Gasteiger partial charge in [0.2, 0.25) is 0 Å². The average Bonchev–Trinajstić information content (AvgIpc) is 2.43. The lowest BCUT2D eigenvalue weighted by atomic mass is 10.1. The fourth-order valence-corrected chi connectivity index (χ4v) is 1.86. The lowest BCUT2D eigenvalue weighted by molar-refractivity contribution is -0.146. The third kappa shape index (κ3) is 2.10. The van der Waals surface area contributed by atoms with Crippen LogP contribution in [0.25, 0.3) is 0 Å². The van der Waals surface area contributed by atoms with Crippen LogP contribution in [-0.4, -0.2) is 34.9 Å². The first-order chi connectivity index (χ1) is 7.54. The molecule has 0 N–H and O–H groups in total. The summed E-state index contributed by atoms with van der Waals surface area (Å²) in [4.78, 5) is 24.1. The van der Waals surface area contributed by atoms with E-state index in [-0.39, 0.29) is 11.8 Å². The van der Waals surface area contributed by atoms with E-state index in [2.05, 4.69) is 0 Å². The molecule has 0 aliphatic carbocycles. The summed E-state index contributed by atoms with van der Waals surface area (Å²) in [6.07, 6.45) is 1.71. The van der Waals surface area contributed by atoms with Gasteiger partial charge < -0.3 is 0 Å². The van der Waals surface area contributed by atoms with Crippen LogP contribution in [0, 0.1) is 0 Å².